The maximum Gasteiger partial charge on any atom is 0.311 e. The van der Waals surface area contributed by atoms with Gasteiger partial charge in [0.25, 0.3) is 0 Å². The molecule has 5 nitrogen and oxygen atoms in total. The number of alkyl halides is 1. The van der Waals surface area contributed by atoms with Crippen molar-refractivity contribution in [3.63, 3.8) is 0 Å². The summed E-state index contributed by atoms with van der Waals surface area (Å²) in [6.45, 7) is 3.75. The van der Waals surface area contributed by atoms with Crippen LogP contribution in [0.5, 0.6) is 0 Å². The van der Waals surface area contributed by atoms with Crippen LogP contribution in [0, 0.1) is 29.7 Å². The first-order valence-corrected chi connectivity index (χ1v) is 7.95. The zero-order valence-electron chi connectivity index (χ0n) is 13.5. The number of nitrogens with zero attached hydrogens (tertiary/aromatic N) is 4. The van der Waals surface area contributed by atoms with E-state index >= 15 is 0 Å². The number of pyridine rings is 1. The first kappa shape index (κ1) is 17.7. The predicted octanol–water partition coefficient (Wildman–Crippen LogP) is 3.10. The summed E-state index contributed by atoms with van der Waals surface area (Å²) in [4.78, 5) is 12.3. The zero-order valence-corrected chi connectivity index (χ0v) is 14.2. The molecule has 0 aromatic carbocycles. The summed E-state index contributed by atoms with van der Waals surface area (Å²) in [5.41, 5.74) is -0.325. The Morgan fingerprint density at radius 3 is 2.76 bits per heavy atom. The number of hydrogen-bond acceptors (Lipinski definition) is 5. The van der Waals surface area contributed by atoms with Crippen LogP contribution in [0.1, 0.15) is 19.5 Å². The van der Waals surface area contributed by atoms with Crippen LogP contribution in [0.25, 0.3) is 10.9 Å². The van der Waals surface area contributed by atoms with Crippen molar-refractivity contribution >= 4 is 28.3 Å². The van der Waals surface area contributed by atoms with Gasteiger partial charge in [0, 0.05) is 12.5 Å². The Kier molecular flexibility index (Phi) is 4.97. The molecule has 0 bridgehead atoms. The van der Waals surface area contributed by atoms with Crippen molar-refractivity contribution in [3.05, 3.63) is 22.7 Å². The molecule has 0 spiro atoms. The molecule has 0 N–H and O–H groups in total. The maximum absolute atomic E-state index is 14.8. The van der Waals surface area contributed by atoms with Crippen molar-refractivity contribution in [3.8, 4) is 11.8 Å². The molecule has 25 heavy (non-hydrogen) atoms. The Hall–Kier alpha value is -2.11. The minimum absolute atomic E-state index is 0.0226. The summed E-state index contributed by atoms with van der Waals surface area (Å²) >= 11 is 5.75. The fourth-order valence-corrected chi connectivity index (χ4v) is 2.86. The SMILES string of the molecule is CC#Cc1nc(Cl)c(F)c2nc(F)nc(N3CCOCC(C)C3F)c12. The van der Waals surface area contributed by atoms with E-state index in [1.807, 2.05) is 0 Å². The van der Waals surface area contributed by atoms with Gasteiger partial charge in [-0.3, -0.25) is 0 Å². The molecule has 132 valence electrons. The van der Waals surface area contributed by atoms with Crippen LogP contribution in [0.15, 0.2) is 0 Å². The molecule has 1 saturated heterocycles. The molecule has 0 radical (unpaired) electrons. The largest absolute Gasteiger partial charge is 0.379 e. The summed E-state index contributed by atoms with van der Waals surface area (Å²) in [5.74, 6) is 3.68. The fourth-order valence-electron chi connectivity index (χ4n) is 2.68. The number of ether oxygens (including phenoxy) is 1. The highest BCUT2D eigenvalue weighted by Crippen LogP contribution is 2.33. The van der Waals surface area contributed by atoms with Gasteiger partial charge in [-0.25, -0.2) is 13.8 Å². The van der Waals surface area contributed by atoms with E-state index in [0.29, 0.717) is 0 Å². The summed E-state index contributed by atoms with van der Waals surface area (Å²) < 4.78 is 48.5. The molecule has 0 aliphatic carbocycles. The van der Waals surface area contributed by atoms with Crippen LogP contribution in [-0.4, -0.2) is 41.0 Å². The summed E-state index contributed by atoms with van der Waals surface area (Å²) in [5, 5.41) is -0.465. The molecule has 1 aliphatic heterocycles. The lowest BCUT2D eigenvalue weighted by atomic mass is 10.1. The fraction of sp³-hybridized carbons (Fsp3) is 0.438. The van der Waals surface area contributed by atoms with Crippen LogP contribution < -0.4 is 4.90 Å². The first-order valence-electron chi connectivity index (χ1n) is 7.57. The lowest BCUT2D eigenvalue weighted by molar-refractivity contribution is 0.105. The number of hydrogen-bond donors (Lipinski definition) is 0. The third-order valence-electron chi connectivity index (χ3n) is 3.84. The highest BCUT2D eigenvalue weighted by atomic mass is 35.5. The lowest BCUT2D eigenvalue weighted by Crippen LogP contribution is -2.38. The molecule has 1 fully saturated rings. The molecule has 2 aromatic heterocycles. The second kappa shape index (κ2) is 7.02. The normalized spacial score (nSPS) is 21.0. The van der Waals surface area contributed by atoms with Crippen molar-refractivity contribution in [2.45, 2.75) is 20.1 Å². The highest BCUT2D eigenvalue weighted by molar-refractivity contribution is 6.30. The molecular weight excluding hydrogens is 357 g/mol. The summed E-state index contributed by atoms with van der Waals surface area (Å²) in [7, 11) is 0. The Balaban J connectivity index is 2.33. The van der Waals surface area contributed by atoms with E-state index in [4.69, 9.17) is 16.3 Å². The molecule has 0 saturated carbocycles. The van der Waals surface area contributed by atoms with E-state index in [-0.39, 0.29) is 42.2 Å². The average Bonchev–Trinajstić information content (AvgIpc) is 2.74. The maximum atomic E-state index is 14.8. The van der Waals surface area contributed by atoms with Crippen molar-refractivity contribution in [2.24, 2.45) is 5.92 Å². The molecular formula is C16H14ClF3N4O. The van der Waals surface area contributed by atoms with Crippen LogP contribution in [0.2, 0.25) is 5.15 Å². The molecule has 0 amide bonds. The number of anilines is 1. The van der Waals surface area contributed by atoms with E-state index in [9.17, 15) is 13.2 Å². The van der Waals surface area contributed by atoms with E-state index < -0.39 is 29.3 Å². The van der Waals surface area contributed by atoms with Crippen molar-refractivity contribution in [2.75, 3.05) is 24.7 Å². The minimum atomic E-state index is -1.50. The van der Waals surface area contributed by atoms with Gasteiger partial charge in [0.1, 0.15) is 17.0 Å². The van der Waals surface area contributed by atoms with Gasteiger partial charge in [-0.05, 0) is 12.8 Å². The molecule has 9 heteroatoms. The lowest BCUT2D eigenvalue weighted by Gasteiger charge is -2.28. The number of rotatable bonds is 1. The monoisotopic (exact) mass is 370 g/mol. The summed E-state index contributed by atoms with van der Waals surface area (Å²) in [6.07, 6.45) is -2.69. The van der Waals surface area contributed by atoms with Gasteiger partial charge in [0.15, 0.2) is 17.3 Å². The van der Waals surface area contributed by atoms with Crippen LogP contribution >= 0.6 is 11.6 Å². The van der Waals surface area contributed by atoms with E-state index in [0.717, 1.165) is 0 Å². The molecule has 2 aromatic rings. The minimum Gasteiger partial charge on any atom is -0.379 e. The van der Waals surface area contributed by atoms with Gasteiger partial charge in [-0.1, -0.05) is 24.4 Å². The van der Waals surface area contributed by atoms with Gasteiger partial charge in [-0.15, -0.1) is 0 Å². The first-order chi connectivity index (χ1) is 11.9. The molecule has 2 unspecified atom stereocenters. The average molecular weight is 371 g/mol. The third-order valence-corrected chi connectivity index (χ3v) is 4.09. The second-order valence-electron chi connectivity index (χ2n) is 5.60. The van der Waals surface area contributed by atoms with Crippen molar-refractivity contribution in [1.29, 1.82) is 0 Å². The van der Waals surface area contributed by atoms with Crippen LogP contribution in [0.4, 0.5) is 19.0 Å². The topological polar surface area (TPSA) is 51.1 Å². The second-order valence-corrected chi connectivity index (χ2v) is 5.96. The smallest absolute Gasteiger partial charge is 0.311 e. The zero-order chi connectivity index (χ0) is 18.1. The van der Waals surface area contributed by atoms with Crippen molar-refractivity contribution < 1.29 is 17.9 Å². The predicted molar refractivity (Wildman–Crippen MR) is 87.0 cm³/mol. The molecule has 2 atom stereocenters. The highest BCUT2D eigenvalue weighted by Gasteiger charge is 2.31. The Labute approximate surface area is 147 Å². The van der Waals surface area contributed by atoms with Gasteiger partial charge in [0.2, 0.25) is 0 Å². The number of halogens is 4. The molecule has 3 heterocycles. The van der Waals surface area contributed by atoms with Gasteiger partial charge >= 0.3 is 6.08 Å². The van der Waals surface area contributed by atoms with Crippen LogP contribution in [0.3, 0.4) is 0 Å². The van der Waals surface area contributed by atoms with Gasteiger partial charge in [0.05, 0.1) is 18.6 Å². The molecule has 1 aliphatic rings. The van der Waals surface area contributed by atoms with E-state index in [2.05, 4.69) is 26.8 Å². The van der Waals surface area contributed by atoms with Crippen LogP contribution in [-0.2, 0) is 4.74 Å². The van der Waals surface area contributed by atoms with E-state index in [1.165, 1.54) is 4.90 Å². The Morgan fingerprint density at radius 1 is 1.28 bits per heavy atom. The standard InChI is InChI=1S/C16H14ClF3N4O/c1-3-4-9-10-12(11(18)13(17)21-9)22-16(20)23-15(10)24-5-6-25-7-8(2)14(24)19/h8,14H,5-7H2,1-2H3. The number of aromatic nitrogens is 3. The number of fused-ring (bicyclic) bond motifs is 1. The molecule has 3 rings (SSSR count). The van der Waals surface area contributed by atoms with Gasteiger partial charge < -0.3 is 9.64 Å². The Morgan fingerprint density at radius 2 is 2.04 bits per heavy atom. The summed E-state index contributed by atoms with van der Waals surface area (Å²) in [6, 6.07) is 0. The quantitative estimate of drug-likeness (QED) is 0.334. The van der Waals surface area contributed by atoms with Gasteiger partial charge in [-0.2, -0.15) is 14.4 Å². The third kappa shape index (κ3) is 3.22. The van der Waals surface area contributed by atoms with Crippen molar-refractivity contribution in [1.82, 2.24) is 15.0 Å². The Bertz CT molecular complexity index is 883. The van der Waals surface area contributed by atoms with E-state index in [1.54, 1.807) is 13.8 Å².